The van der Waals surface area contributed by atoms with E-state index in [0.717, 1.165) is 10.9 Å². The van der Waals surface area contributed by atoms with E-state index >= 15 is 0 Å². The lowest BCUT2D eigenvalue weighted by Gasteiger charge is -2.09. The third kappa shape index (κ3) is 1.98. The molecule has 0 aliphatic carbocycles. The number of nitrogens with two attached hydrogens (primary N) is 1. The summed E-state index contributed by atoms with van der Waals surface area (Å²) in [6, 6.07) is 7.70. The Morgan fingerprint density at radius 3 is 2.75 bits per heavy atom. The predicted molar refractivity (Wildman–Crippen MR) is 75.8 cm³/mol. The third-order valence-electron chi connectivity index (χ3n) is 3.42. The van der Waals surface area contributed by atoms with Crippen LogP contribution in [0, 0.1) is 5.92 Å². The molecule has 3 rings (SSSR count). The maximum atomic E-state index is 6.04. The number of para-hydroxylation sites is 1. The topological polar surface area (TPSA) is 82.8 Å². The highest BCUT2D eigenvalue weighted by Gasteiger charge is 2.21. The fourth-order valence-electron chi connectivity index (χ4n) is 2.14. The van der Waals surface area contributed by atoms with Crippen LogP contribution in [-0.2, 0) is 7.05 Å². The second kappa shape index (κ2) is 4.72. The minimum Gasteiger partial charge on any atom is -0.332 e. The van der Waals surface area contributed by atoms with Crippen LogP contribution in [0.25, 0.3) is 22.5 Å². The lowest BCUT2D eigenvalue weighted by atomic mass is 10.1. The molecule has 0 saturated heterocycles. The molecule has 0 amide bonds. The number of aromatic nitrogens is 4. The van der Waals surface area contributed by atoms with Gasteiger partial charge < -0.3 is 10.3 Å². The van der Waals surface area contributed by atoms with Crippen molar-refractivity contribution in [3.05, 3.63) is 30.1 Å². The smallest absolute Gasteiger partial charge is 0.279 e. The fraction of sp³-hybridized carbons (Fsp3) is 0.357. The number of rotatable bonds is 3. The maximum absolute atomic E-state index is 6.04. The molecule has 6 heteroatoms. The molecule has 1 atom stereocenters. The first-order valence-electron chi connectivity index (χ1n) is 6.59. The Bertz CT molecular complexity index is 743. The van der Waals surface area contributed by atoms with Crippen molar-refractivity contribution in [1.82, 2.24) is 19.9 Å². The van der Waals surface area contributed by atoms with E-state index in [1.54, 1.807) is 4.68 Å². The summed E-state index contributed by atoms with van der Waals surface area (Å²) in [5.74, 6) is 1.18. The Hall–Kier alpha value is -2.21. The fourth-order valence-corrected chi connectivity index (χ4v) is 2.14. The van der Waals surface area contributed by atoms with Crippen LogP contribution < -0.4 is 5.73 Å². The lowest BCUT2D eigenvalue weighted by Crippen LogP contribution is -2.18. The van der Waals surface area contributed by atoms with Crippen molar-refractivity contribution in [2.45, 2.75) is 19.9 Å². The van der Waals surface area contributed by atoms with Gasteiger partial charge in [0.2, 0.25) is 0 Å². The van der Waals surface area contributed by atoms with Gasteiger partial charge in [-0.1, -0.05) is 37.2 Å². The summed E-state index contributed by atoms with van der Waals surface area (Å²) in [4.78, 5) is 4.39. The number of benzene rings is 1. The summed E-state index contributed by atoms with van der Waals surface area (Å²) in [5.41, 5.74) is 7.75. The molecule has 0 saturated carbocycles. The molecule has 0 bridgehead atoms. The Morgan fingerprint density at radius 1 is 1.25 bits per heavy atom. The molecular formula is C14H17N5O. The van der Waals surface area contributed by atoms with Crippen LogP contribution in [0.15, 0.2) is 28.8 Å². The lowest BCUT2D eigenvalue weighted by molar-refractivity contribution is 0.399. The Kier molecular flexibility index (Phi) is 3.02. The molecule has 2 heterocycles. The Balaban J connectivity index is 2.08. The largest absolute Gasteiger partial charge is 0.332 e. The monoisotopic (exact) mass is 271 g/mol. The molecule has 0 aliphatic heterocycles. The van der Waals surface area contributed by atoms with Crippen LogP contribution in [0.5, 0.6) is 0 Å². The Morgan fingerprint density at radius 2 is 2.00 bits per heavy atom. The highest BCUT2D eigenvalue weighted by atomic mass is 16.5. The molecule has 1 unspecified atom stereocenters. The van der Waals surface area contributed by atoms with Crippen LogP contribution in [0.2, 0.25) is 0 Å². The summed E-state index contributed by atoms with van der Waals surface area (Å²) in [5, 5.41) is 9.42. The van der Waals surface area contributed by atoms with Crippen molar-refractivity contribution < 1.29 is 4.52 Å². The molecule has 3 aromatic rings. The molecule has 0 fully saturated rings. The van der Waals surface area contributed by atoms with Crippen molar-refractivity contribution in [2.75, 3.05) is 0 Å². The molecule has 6 nitrogen and oxygen atoms in total. The second-order valence-electron chi connectivity index (χ2n) is 5.22. The zero-order chi connectivity index (χ0) is 14.3. The summed E-state index contributed by atoms with van der Waals surface area (Å²) < 4.78 is 7.13. The van der Waals surface area contributed by atoms with Gasteiger partial charge in [-0.15, -0.1) is 0 Å². The maximum Gasteiger partial charge on any atom is 0.279 e. The van der Waals surface area contributed by atoms with Gasteiger partial charge in [-0.3, -0.25) is 4.68 Å². The van der Waals surface area contributed by atoms with Gasteiger partial charge in [0.05, 0.1) is 11.6 Å². The van der Waals surface area contributed by atoms with Crippen molar-refractivity contribution in [1.29, 1.82) is 0 Å². The number of fused-ring (bicyclic) bond motifs is 1. The van der Waals surface area contributed by atoms with Crippen LogP contribution in [-0.4, -0.2) is 19.9 Å². The Labute approximate surface area is 116 Å². The second-order valence-corrected chi connectivity index (χ2v) is 5.22. The molecule has 0 radical (unpaired) electrons. The molecule has 20 heavy (non-hydrogen) atoms. The molecule has 2 aromatic heterocycles. The van der Waals surface area contributed by atoms with Crippen molar-refractivity contribution in [3.63, 3.8) is 0 Å². The number of hydrogen-bond donors (Lipinski definition) is 1. The molecule has 0 aliphatic rings. The van der Waals surface area contributed by atoms with Gasteiger partial charge in [-0.05, 0) is 12.0 Å². The van der Waals surface area contributed by atoms with E-state index in [4.69, 9.17) is 10.3 Å². The number of nitrogens with zero attached hydrogens (tertiary/aromatic N) is 4. The van der Waals surface area contributed by atoms with Gasteiger partial charge in [-0.25, -0.2) is 0 Å². The predicted octanol–water partition coefficient (Wildman–Crippen LogP) is 2.28. The van der Waals surface area contributed by atoms with E-state index < -0.39 is 0 Å². The van der Waals surface area contributed by atoms with Crippen molar-refractivity contribution in [2.24, 2.45) is 18.7 Å². The van der Waals surface area contributed by atoms with E-state index in [9.17, 15) is 0 Å². The average molecular weight is 271 g/mol. The molecule has 0 spiro atoms. The van der Waals surface area contributed by atoms with Crippen LogP contribution in [0.4, 0.5) is 0 Å². The summed E-state index contributed by atoms with van der Waals surface area (Å²) in [6.07, 6.45) is 0. The SMILES string of the molecule is CC(C)C(N)c1noc(-c2nn(C)c3ccccc23)n1. The first kappa shape index (κ1) is 12.8. The highest BCUT2D eigenvalue weighted by molar-refractivity contribution is 5.91. The van der Waals surface area contributed by atoms with Gasteiger partial charge in [-0.2, -0.15) is 10.1 Å². The first-order valence-corrected chi connectivity index (χ1v) is 6.59. The third-order valence-corrected chi connectivity index (χ3v) is 3.42. The van der Waals surface area contributed by atoms with E-state index in [-0.39, 0.29) is 12.0 Å². The van der Waals surface area contributed by atoms with E-state index in [0.29, 0.717) is 17.4 Å². The number of aryl methyl sites for hydroxylation is 1. The van der Waals surface area contributed by atoms with Gasteiger partial charge in [0.1, 0.15) is 0 Å². The standard InChI is InChI=1S/C14H17N5O/c1-8(2)11(15)13-16-14(20-18-13)12-9-6-4-5-7-10(9)19(3)17-12/h4-8,11H,15H2,1-3H3. The van der Waals surface area contributed by atoms with E-state index in [2.05, 4.69) is 15.2 Å². The first-order chi connectivity index (χ1) is 9.58. The normalized spacial score (nSPS) is 13.2. The number of hydrogen-bond acceptors (Lipinski definition) is 5. The van der Waals surface area contributed by atoms with Crippen molar-refractivity contribution >= 4 is 10.9 Å². The van der Waals surface area contributed by atoms with Gasteiger partial charge >= 0.3 is 0 Å². The summed E-state index contributed by atoms with van der Waals surface area (Å²) >= 11 is 0. The average Bonchev–Trinajstić information content (AvgIpc) is 3.03. The molecule has 1 aromatic carbocycles. The summed E-state index contributed by atoms with van der Waals surface area (Å²) in [7, 11) is 1.89. The molecular weight excluding hydrogens is 254 g/mol. The van der Waals surface area contributed by atoms with Gasteiger partial charge in [0.15, 0.2) is 11.5 Å². The van der Waals surface area contributed by atoms with Gasteiger partial charge in [0.25, 0.3) is 5.89 Å². The van der Waals surface area contributed by atoms with E-state index in [1.807, 2.05) is 45.2 Å². The molecule has 2 N–H and O–H groups in total. The minimum absolute atomic E-state index is 0.234. The quantitative estimate of drug-likeness (QED) is 0.790. The van der Waals surface area contributed by atoms with Crippen LogP contribution >= 0.6 is 0 Å². The molecule has 104 valence electrons. The van der Waals surface area contributed by atoms with Crippen LogP contribution in [0.1, 0.15) is 25.7 Å². The highest BCUT2D eigenvalue weighted by Crippen LogP contribution is 2.27. The zero-order valence-corrected chi connectivity index (χ0v) is 11.7. The van der Waals surface area contributed by atoms with E-state index in [1.165, 1.54) is 0 Å². The van der Waals surface area contributed by atoms with Crippen molar-refractivity contribution in [3.8, 4) is 11.6 Å². The zero-order valence-electron chi connectivity index (χ0n) is 11.7. The summed E-state index contributed by atoms with van der Waals surface area (Å²) in [6.45, 7) is 4.05. The minimum atomic E-state index is -0.234. The van der Waals surface area contributed by atoms with Crippen LogP contribution in [0.3, 0.4) is 0 Å². The van der Waals surface area contributed by atoms with Gasteiger partial charge in [0, 0.05) is 12.4 Å².